The lowest BCUT2D eigenvalue weighted by Gasteiger charge is -2.49. The van der Waals surface area contributed by atoms with Crippen LogP contribution in [0.15, 0.2) is 0 Å². The number of likely N-dealkylation sites (N-methyl/N-ethyl adjacent to an activating group) is 1. The first-order chi connectivity index (χ1) is 8.40. The molecule has 0 radical (unpaired) electrons. The molecule has 0 aromatic rings. The first-order valence-electron chi connectivity index (χ1n) is 7.59. The second-order valence-corrected chi connectivity index (χ2v) is 7.20. The number of hydrogen-bond acceptors (Lipinski definition) is 3. The Morgan fingerprint density at radius 2 is 1.89 bits per heavy atom. The van der Waals surface area contributed by atoms with Gasteiger partial charge in [0.25, 0.3) is 0 Å². The van der Waals surface area contributed by atoms with Gasteiger partial charge in [-0.3, -0.25) is 9.80 Å². The Balaban J connectivity index is 1.92. The summed E-state index contributed by atoms with van der Waals surface area (Å²) in [5.41, 5.74) is 0.310. The summed E-state index contributed by atoms with van der Waals surface area (Å²) in [7, 11) is 2.25. The minimum atomic E-state index is 0.310. The molecule has 3 nitrogen and oxygen atoms in total. The van der Waals surface area contributed by atoms with Gasteiger partial charge in [-0.2, -0.15) is 0 Å². The number of rotatable bonds is 5. The van der Waals surface area contributed by atoms with Crippen LogP contribution in [-0.4, -0.2) is 60.6 Å². The molecule has 3 heteroatoms. The van der Waals surface area contributed by atoms with E-state index in [0.717, 1.165) is 12.0 Å². The van der Waals surface area contributed by atoms with Crippen LogP contribution in [0.1, 0.15) is 40.5 Å². The van der Waals surface area contributed by atoms with E-state index in [9.17, 15) is 0 Å². The summed E-state index contributed by atoms with van der Waals surface area (Å²) in [6, 6.07) is 1.52. The van der Waals surface area contributed by atoms with Gasteiger partial charge in [0, 0.05) is 43.8 Å². The fourth-order valence-corrected chi connectivity index (χ4v) is 2.92. The van der Waals surface area contributed by atoms with Gasteiger partial charge >= 0.3 is 0 Å². The van der Waals surface area contributed by atoms with Crippen molar-refractivity contribution < 1.29 is 0 Å². The van der Waals surface area contributed by atoms with Gasteiger partial charge in [-0.15, -0.1) is 0 Å². The van der Waals surface area contributed by atoms with E-state index in [4.69, 9.17) is 0 Å². The molecular formula is C15H31N3. The second kappa shape index (κ2) is 5.48. The highest BCUT2D eigenvalue weighted by molar-refractivity contribution is 4.93. The van der Waals surface area contributed by atoms with E-state index in [1.807, 2.05) is 0 Å². The summed E-state index contributed by atoms with van der Waals surface area (Å²) >= 11 is 0. The summed E-state index contributed by atoms with van der Waals surface area (Å²) < 4.78 is 0. The molecule has 2 rings (SSSR count). The van der Waals surface area contributed by atoms with Crippen molar-refractivity contribution in [2.75, 3.05) is 33.2 Å². The van der Waals surface area contributed by atoms with Crippen LogP contribution in [0, 0.1) is 5.92 Å². The summed E-state index contributed by atoms with van der Waals surface area (Å²) in [4.78, 5) is 5.20. The minimum Gasteiger partial charge on any atom is -0.312 e. The maximum absolute atomic E-state index is 3.72. The summed E-state index contributed by atoms with van der Waals surface area (Å²) in [6.07, 6.45) is 2.78. The number of nitrogens with one attached hydrogen (secondary N) is 1. The maximum Gasteiger partial charge on any atom is 0.0277 e. The molecule has 2 fully saturated rings. The van der Waals surface area contributed by atoms with Gasteiger partial charge in [-0.25, -0.2) is 0 Å². The van der Waals surface area contributed by atoms with Crippen LogP contribution in [0.3, 0.4) is 0 Å². The van der Waals surface area contributed by atoms with E-state index in [2.05, 4.69) is 49.9 Å². The standard InChI is InChI=1S/C15H31N3/c1-12(2)14(10-16-13-6-7-13)18-9-8-17(5)15(3,4)11-18/h12-14,16H,6-11H2,1-5H3. The lowest BCUT2D eigenvalue weighted by atomic mass is 9.94. The van der Waals surface area contributed by atoms with Crippen LogP contribution in [0.25, 0.3) is 0 Å². The van der Waals surface area contributed by atoms with Gasteiger partial charge in [0.1, 0.15) is 0 Å². The molecule has 0 aromatic heterocycles. The van der Waals surface area contributed by atoms with Crippen LogP contribution < -0.4 is 5.32 Å². The largest absolute Gasteiger partial charge is 0.312 e. The number of piperazine rings is 1. The molecule has 1 saturated carbocycles. The molecule has 0 amide bonds. The van der Waals surface area contributed by atoms with Gasteiger partial charge in [0.15, 0.2) is 0 Å². The minimum absolute atomic E-state index is 0.310. The monoisotopic (exact) mass is 253 g/mol. The first kappa shape index (κ1) is 14.3. The van der Waals surface area contributed by atoms with Crippen LogP contribution >= 0.6 is 0 Å². The third-order valence-electron chi connectivity index (χ3n) is 4.78. The highest BCUT2D eigenvalue weighted by atomic mass is 15.3. The first-order valence-corrected chi connectivity index (χ1v) is 7.59. The zero-order chi connectivity index (χ0) is 13.3. The van der Waals surface area contributed by atoms with E-state index < -0.39 is 0 Å². The lowest BCUT2D eigenvalue weighted by Crippen LogP contribution is -2.62. The highest BCUT2D eigenvalue weighted by Crippen LogP contribution is 2.24. The zero-order valence-corrected chi connectivity index (χ0v) is 12.9. The summed E-state index contributed by atoms with van der Waals surface area (Å²) in [5, 5.41) is 3.72. The Morgan fingerprint density at radius 1 is 1.22 bits per heavy atom. The van der Waals surface area contributed by atoms with E-state index >= 15 is 0 Å². The lowest BCUT2D eigenvalue weighted by molar-refractivity contribution is 0.00569. The molecule has 1 heterocycles. The summed E-state index contributed by atoms with van der Waals surface area (Å²) in [6.45, 7) is 14.2. The van der Waals surface area contributed by atoms with E-state index in [-0.39, 0.29) is 0 Å². The van der Waals surface area contributed by atoms with Crippen molar-refractivity contribution in [3.63, 3.8) is 0 Å². The second-order valence-electron chi connectivity index (χ2n) is 7.20. The fourth-order valence-electron chi connectivity index (χ4n) is 2.92. The Kier molecular flexibility index (Phi) is 4.35. The molecule has 106 valence electrons. The van der Waals surface area contributed by atoms with Crippen molar-refractivity contribution in [3.8, 4) is 0 Å². The molecule has 18 heavy (non-hydrogen) atoms. The average Bonchev–Trinajstić information content (AvgIpc) is 3.06. The number of nitrogens with zero attached hydrogens (tertiary/aromatic N) is 2. The molecule has 2 aliphatic rings. The Bertz CT molecular complexity index is 271. The molecule has 1 aliphatic heterocycles. The molecule has 0 spiro atoms. The SMILES string of the molecule is CC(C)C(CNC1CC1)N1CCN(C)C(C)(C)C1. The smallest absolute Gasteiger partial charge is 0.0277 e. The highest BCUT2D eigenvalue weighted by Gasteiger charge is 2.35. The van der Waals surface area contributed by atoms with Gasteiger partial charge in [-0.05, 0) is 39.7 Å². The van der Waals surface area contributed by atoms with E-state index in [1.165, 1.54) is 39.0 Å². The van der Waals surface area contributed by atoms with Crippen LogP contribution in [0.2, 0.25) is 0 Å². The van der Waals surface area contributed by atoms with Crippen molar-refractivity contribution in [1.82, 2.24) is 15.1 Å². The predicted molar refractivity (Wildman–Crippen MR) is 77.9 cm³/mol. The quantitative estimate of drug-likeness (QED) is 0.806. The number of hydrogen-bond donors (Lipinski definition) is 1. The van der Waals surface area contributed by atoms with Gasteiger partial charge < -0.3 is 5.32 Å². The van der Waals surface area contributed by atoms with E-state index in [0.29, 0.717) is 11.6 Å². The Labute approximate surface area is 113 Å². The molecule has 1 saturated heterocycles. The fraction of sp³-hybridized carbons (Fsp3) is 1.00. The van der Waals surface area contributed by atoms with Crippen LogP contribution in [0.4, 0.5) is 0 Å². The molecule has 1 atom stereocenters. The molecule has 1 unspecified atom stereocenters. The zero-order valence-electron chi connectivity index (χ0n) is 12.9. The van der Waals surface area contributed by atoms with Gasteiger partial charge in [0.05, 0.1) is 0 Å². The van der Waals surface area contributed by atoms with Crippen molar-refractivity contribution in [3.05, 3.63) is 0 Å². The van der Waals surface area contributed by atoms with Crippen LogP contribution in [-0.2, 0) is 0 Å². The normalized spacial score (nSPS) is 27.7. The summed E-state index contributed by atoms with van der Waals surface area (Å²) in [5.74, 6) is 0.732. The van der Waals surface area contributed by atoms with Crippen molar-refractivity contribution in [2.45, 2.75) is 58.2 Å². The molecule has 1 aliphatic carbocycles. The topological polar surface area (TPSA) is 18.5 Å². The van der Waals surface area contributed by atoms with Crippen molar-refractivity contribution >= 4 is 0 Å². The maximum atomic E-state index is 3.72. The van der Waals surface area contributed by atoms with E-state index in [1.54, 1.807) is 0 Å². The van der Waals surface area contributed by atoms with Crippen molar-refractivity contribution in [2.24, 2.45) is 5.92 Å². The third-order valence-corrected chi connectivity index (χ3v) is 4.78. The van der Waals surface area contributed by atoms with Crippen LogP contribution in [0.5, 0.6) is 0 Å². The van der Waals surface area contributed by atoms with Gasteiger partial charge in [0.2, 0.25) is 0 Å². The molecule has 0 aromatic carbocycles. The third kappa shape index (κ3) is 3.46. The average molecular weight is 253 g/mol. The Morgan fingerprint density at radius 3 is 2.39 bits per heavy atom. The van der Waals surface area contributed by atoms with Gasteiger partial charge in [-0.1, -0.05) is 13.8 Å². The molecule has 0 bridgehead atoms. The Hall–Kier alpha value is -0.120. The molecule has 1 N–H and O–H groups in total. The predicted octanol–water partition coefficient (Wildman–Crippen LogP) is 1.79. The molecular weight excluding hydrogens is 222 g/mol. The van der Waals surface area contributed by atoms with Crippen molar-refractivity contribution in [1.29, 1.82) is 0 Å².